The van der Waals surface area contributed by atoms with Crippen molar-refractivity contribution >= 4 is 5.91 Å². The van der Waals surface area contributed by atoms with E-state index in [0.717, 1.165) is 5.56 Å². The predicted molar refractivity (Wildman–Crippen MR) is 89.8 cm³/mol. The molecule has 2 aromatic heterocycles. The van der Waals surface area contributed by atoms with Crippen molar-refractivity contribution in [3.8, 4) is 12.0 Å². The summed E-state index contributed by atoms with van der Waals surface area (Å²) in [6, 6.07) is 11.2. The Hall–Kier alpha value is -3.33. The summed E-state index contributed by atoms with van der Waals surface area (Å²) in [5.74, 6) is -0.0715. The van der Waals surface area contributed by atoms with E-state index in [9.17, 15) is 14.4 Å². The highest BCUT2D eigenvalue weighted by Gasteiger charge is 2.25. The van der Waals surface area contributed by atoms with E-state index in [1.165, 1.54) is 12.1 Å². The van der Waals surface area contributed by atoms with Crippen molar-refractivity contribution in [2.24, 2.45) is 0 Å². The second-order valence-corrected chi connectivity index (χ2v) is 5.66. The van der Waals surface area contributed by atoms with Crippen LogP contribution in [0, 0.1) is 24.1 Å². The molecular weight excluding hydrogens is 321 g/mol. The fourth-order valence-electron chi connectivity index (χ4n) is 2.66. The van der Waals surface area contributed by atoms with Crippen molar-refractivity contribution in [2.75, 3.05) is 0 Å². The van der Waals surface area contributed by atoms with Crippen LogP contribution in [0.3, 0.4) is 0 Å². The zero-order valence-corrected chi connectivity index (χ0v) is 13.8. The highest BCUT2D eigenvalue weighted by Crippen LogP contribution is 2.26. The molecule has 6 heteroatoms. The summed E-state index contributed by atoms with van der Waals surface area (Å²) in [4.78, 5) is 12.7. The summed E-state index contributed by atoms with van der Waals surface area (Å²) in [6.07, 6.45) is 3.48. The SMILES string of the molecule is Cc1oc(-n2cccc2)c(C#N)c1C(=O)N[C@H](C)c1ccc(F)cc1. The Kier molecular flexibility index (Phi) is 4.40. The smallest absolute Gasteiger partial charge is 0.256 e. The van der Waals surface area contributed by atoms with Crippen molar-refractivity contribution in [1.82, 2.24) is 9.88 Å². The summed E-state index contributed by atoms with van der Waals surface area (Å²) in [5.41, 5.74) is 1.15. The number of nitrogens with zero attached hydrogens (tertiary/aromatic N) is 2. The number of nitriles is 1. The molecule has 1 aromatic carbocycles. The number of carbonyl (C=O) groups excluding carboxylic acids is 1. The Balaban J connectivity index is 1.90. The zero-order valence-electron chi connectivity index (χ0n) is 13.8. The fourth-order valence-corrected chi connectivity index (χ4v) is 2.66. The van der Waals surface area contributed by atoms with Gasteiger partial charge >= 0.3 is 0 Å². The summed E-state index contributed by atoms with van der Waals surface area (Å²) < 4.78 is 20.3. The van der Waals surface area contributed by atoms with Gasteiger partial charge in [0, 0.05) is 12.4 Å². The lowest BCUT2D eigenvalue weighted by atomic mass is 10.1. The van der Waals surface area contributed by atoms with Crippen LogP contribution in [0.1, 0.15) is 40.2 Å². The average Bonchev–Trinajstić information content (AvgIpc) is 3.22. The van der Waals surface area contributed by atoms with Crippen LogP contribution in [0.2, 0.25) is 0 Å². The molecule has 3 rings (SSSR count). The van der Waals surface area contributed by atoms with Gasteiger partial charge in [0.25, 0.3) is 5.91 Å². The number of carbonyl (C=O) groups is 1. The maximum absolute atomic E-state index is 13.0. The Morgan fingerprint density at radius 3 is 2.52 bits per heavy atom. The summed E-state index contributed by atoms with van der Waals surface area (Å²) in [7, 11) is 0. The molecule has 0 fully saturated rings. The van der Waals surface area contributed by atoms with Gasteiger partial charge in [-0.2, -0.15) is 5.26 Å². The van der Waals surface area contributed by atoms with Gasteiger partial charge in [0.15, 0.2) is 0 Å². The first-order valence-corrected chi connectivity index (χ1v) is 7.74. The lowest BCUT2D eigenvalue weighted by Crippen LogP contribution is -2.27. The molecule has 0 aliphatic rings. The minimum absolute atomic E-state index is 0.178. The first-order valence-electron chi connectivity index (χ1n) is 7.74. The van der Waals surface area contributed by atoms with Gasteiger partial charge in [-0.3, -0.25) is 9.36 Å². The molecule has 1 atom stereocenters. The van der Waals surface area contributed by atoms with Crippen LogP contribution in [0.15, 0.2) is 53.2 Å². The second kappa shape index (κ2) is 6.65. The van der Waals surface area contributed by atoms with Crippen LogP contribution in [-0.2, 0) is 0 Å². The largest absolute Gasteiger partial charge is 0.443 e. The number of halogens is 1. The third-order valence-corrected chi connectivity index (χ3v) is 3.96. The van der Waals surface area contributed by atoms with Gasteiger partial charge < -0.3 is 9.73 Å². The van der Waals surface area contributed by atoms with Crippen LogP contribution >= 0.6 is 0 Å². The van der Waals surface area contributed by atoms with Crippen LogP contribution in [0.25, 0.3) is 5.88 Å². The molecule has 0 radical (unpaired) electrons. The number of hydrogen-bond donors (Lipinski definition) is 1. The van der Waals surface area contributed by atoms with Crippen LogP contribution in [-0.4, -0.2) is 10.5 Å². The highest BCUT2D eigenvalue weighted by molar-refractivity contribution is 5.98. The van der Waals surface area contributed by atoms with Gasteiger partial charge in [0.05, 0.1) is 6.04 Å². The Labute approximate surface area is 144 Å². The van der Waals surface area contributed by atoms with Gasteiger partial charge in [-0.05, 0) is 43.7 Å². The minimum atomic E-state index is -0.409. The molecule has 25 heavy (non-hydrogen) atoms. The summed E-state index contributed by atoms with van der Waals surface area (Å²) >= 11 is 0. The standard InChI is InChI=1S/C19H16FN3O2/c1-12(14-5-7-15(20)8-6-14)22-18(24)17-13(2)25-19(16(17)11-21)23-9-3-4-10-23/h3-10,12H,1-2H3,(H,22,24)/t12-/m1/s1. The van der Waals surface area contributed by atoms with Gasteiger partial charge in [-0.15, -0.1) is 0 Å². The minimum Gasteiger partial charge on any atom is -0.443 e. The number of aromatic nitrogens is 1. The normalized spacial score (nSPS) is 11.8. The van der Waals surface area contributed by atoms with Crippen molar-refractivity contribution in [3.63, 3.8) is 0 Å². The monoisotopic (exact) mass is 337 g/mol. The van der Waals surface area contributed by atoms with Crippen LogP contribution in [0.4, 0.5) is 4.39 Å². The molecule has 0 aliphatic heterocycles. The molecule has 126 valence electrons. The summed E-state index contributed by atoms with van der Waals surface area (Å²) in [6.45, 7) is 3.44. The Morgan fingerprint density at radius 1 is 1.28 bits per heavy atom. The van der Waals surface area contributed by atoms with Gasteiger partial charge in [0.1, 0.15) is 28.8 Å². The number of amides is 1. The van der Waals surface area contributed by atoms with E-state index in [1.807, 2.05) is 6.07 Å². The molecule has 3 aromatic rings. The number of furan rings is 1. The molecule has 1 amide bonds. The third kappa shape index (κ3) is 3.17. The topological polar surface area (TPSA) is 71.0 Å². The second-order valence-electron chi connectivity index (χ2n) is 5.66. The lowest BCUT2D eigenvalue weighted by Gasteiger charge is -2.14. The number of aryl methyl sites for hydroxylation is 1. The van der Waals surface area contributed by atoms with E-state index >= 15 is 0 Å². The van der Waals surface area contributed by atoms with Crippen LogP contribution in [0.5, 0.6) is 0 Å². The van der Waals surface area contributed by atoms with Crippen molar-refractivity contribution in [1.29, 1.82) is 5.26 Å². The van der Waals surface area contributed by atoms with Crippen molar-refractivity contribution < 1.29 is 13.6 Å². The summed E-state index contributed by atoms with van der Waals surface area (Å²) in [5, 5.41) is 12.3. The maximum Gasteiger partial charge on any atom is 0.256 e. The molecule has 0 saturated heterocycles. The molecule has 2 heterocycles. The Bertz CT molecular complexity index is 934. The lowest BCUT2D eigenvalue weighted by molar-refractivity contribution is 0.0938. The van der Waals surface area contributed by atoms with Gasteiger partial charge in [-0.1, -0.05) is 12.1 Å². The van der Waals surface area contributed by atoms with E-state index in [0.29, 0.717) is 11.6 Å². The molecular formula is C19H16FN3O2. The van der Waals surface area contributed by atoms with E-state index in [-0.39, 0.29) is 23.0 Å². The quantitative estimate of drug-likeness (QED) is 0.785. The van der Waals surface area contributed by atoms with Gasteiger partial charge in [0.2, 0.25) is 5.88 Å². The first-order chi connectivity index (χ1) is 12.0. The molecule has 0 unspecified atom stereocenters. The predicted octanol–water partition coefficient (Wildman–Crippen LogP) is 3.88. The Morgan fingerprint density at radius 2 is 1.92 bits per heavy atom. The van der Waals surface area contributed by atoms with Crippen molar-refractivity contribution in [3.05, 3.63) is 77.1 Å². The number of nitrogens with one attached hydrogen (secondary N) is 1. The number of hydrogen-bond acceptors (Lipinski definition) is 3. The maximum atomic E-state index is 13.0. The third-order valence-electron chi connectivity index (χ3n) is 3.96. The first kappa shape index (κ1) is 16.5. The van der Waals surface area contributed by atoms with E-state index in [1.54, 1.807) is 55.1 Å². The zero-order chi connectivity index (χ0) is 18.0. The fraction of sp³-hybridized carbons (Fsp3) is 0.158. The van der Waals surface area contributed by atoms with E-state index in [2.05, 4.69) is 5.32 Å². The molecule has 0 aliphatic carbocycles. The van der Waals surface area contributed by atoms with Gasteiger partial charge in [-0.25, -0.2) is 4.39 Å². The number of rotatable bonds is 4. The number of benzene rings is 1. The molecule has 0 saturated carbocycles. The van der Waals surface area contributed by atoms with Crippen molar-refractivity contribution in [2.45, 2.75) is 19.9 Å². The van der Waals surface area contributed by atoms with E-state index in [4.69, 9.17) is 4.42 Å². The van der Waals surface area contributed by atoms with E-state index < -0.39 is 5.91 Å². The highest BCUT2D eigenvalue weighted by atomic mass is 19.1. The van der Waals surface area contributed by atoms with Crippen LogP contribution < -0.4 is 5.32 Å². The molecule has 5 nitrogen and oxygen atoms in total. The molecule has 0 spiro atoms. The molecule has 1 N–H and O–H groups in total. The molecule has 0 bridgehead atoms. The average molecular weight is 337 g/mol.